The summed E-state index contributed by atoms with van der Waals surface area (Å²) in [5.74, 6) is 0.132. The van der Waals surface area contributed by atoms with E-state index < -0.39 is 11.4 Å². The van der Waals surface area contributed by atoms with E-state index in [0.29, 0.717) is 28.1 Å². The highest BCUT2D eigenvalue weighted by Gasteiger charge is 2.18. The van der Waals surface area contributed by atoms with Gasteiger partial charge in [-0.15, -0.1) is 0 Å². The van der Waals surface area contributed by atoms with E-state index in [4.69, 9.17) is 26.2 Å². The SMILES string of the molecule is [B]C([B])(O)NC(=O)c1ccc2nccc(Oc3ccc(CC(=O)N/C(C=NC(C)(C)C)=C/N)cc3C)c2c1. The van der Waals surface area contributed by atoms with Crippen LogP contribution < -0.4 is 21.1 Å². The van der Waals surface area contributed by atoms with E-state index in [1.807, 2.05) is 33.8 Å². The summed E-state index contributed by atoms with van der Waals surface area (Å²) in [7, 11) is 10.5. The quantitative estimate of drug-likeness (QED) is 0.209. The second-order valence-corrected chi connectivity index (χ2v) is 9.80. The molecule has 11 heteroatoms. The van der Waals surface area contributed by atoms with Crippen LogP contribution in [0.2, 0.25) is 0 Å². The summed E-state index contributed by atoms with van der Waals surface area (Å²) in [4.78, 5) is 33.6. The van der Waals surface area contributed by atoms with Crippen LogP contribution in [-0.2, 0) is 11.2 Å². The average Bonchev–Trinajstić information content (AvgIpc) is 2.81. The van der Waals surface area contributed by atoms with Gasteiger partial charge in [0.1, 0.15) is 27.2 Å². The van der Waals surface area contributed by atoms with Gasteiger partial charge in [-0.1, -0.05) is 12.1 Å². The molecule has 0 spiro atoms. The molecule has 0 unspecified atom stereocenters. The Balaban J connectivity index is 1.76. The van der Waals surface area contributed by atoms with E-state index in [0.717, 1.165) is 11.1 Å². The Morgan fingerprint density at radius 1 is 1.13 bits per heavy atom. The lowest BCUT2D eigenvalue weighted by Gasteiger charge is -2.20. The number of nitrogens with one attached hydrogen (secondary N) is 2. The van der Waals surface area contributed by atoms with Gasteiger partial charge in [-0.25, -0.2) is 0 Å². The summed E-state index contributed by atoms with van der Waals surface area (Å²) in [5, 5.41) is 14.9. The number of aliphatic imine (C=N–C) groups is 1. The molecule has 4 radical (unpaired) electrons. The van der Waals surface area contributed by atoms with E-state index in [9.17, 15) is 14.7 Å². The zero-order valence-electron chi connectivity index (χ0n) is 21.8. The first-order valence-corrected chi connectivity index (χ1v) is 11.8. The van der Waals surface area contributed by atoms with E-state index in [1.54, 1.807) is 42.7 Å². The van der Waals surface area contributed by atoms with Crippen LogP contribution in [0, 0.1) is 6.92 Å². The lowest BCUT2D eigenvalue weighted by molar-refractivity contribution is -0.119. The number of carbonyl (C=O) groups excluding carboxylic acids is 2. The standard InChI is InChI=1S/C27H29B2N5O4/c1-16-11-17(12-24(35)33-19(14-30)15-32-26(2,3)4)5-8-22(16)38-23-9-10-31-21-7-6-18(13-20(21)23)25(36)34-27(28,29)37/h5-11,13-15,37H,12,30H2,1-4H3,(H,33,35)(H,34,36)/b19-14+,32-15?. The minimum atomic E-state index is -2.35. The maximum Gasteiger partial charge on any atom is 0.252 e. The molecule has 2 amide bonds. The first kappa shape index (κ1) is 28.5. The zero-order chi connectivity index (χ0) is 28.1. The summed E-state index contributed by atoms with van der Waals surface area (Å²) < 4.78 is 6.15. The van der Waals surface area contributed by atoms with Crippen molar-refractivity contribution >= 4 is 44.6 Å². The van der Waals surface area contributed by atoms with Crippen molar-refractivity contribution in [3.05, 3.63) is 77.2 Å². The monoisotopic (exact) mass is 509 g/mol. The molecule has 0 aliphatic rings. The van der Waals surface area contributed by atoms with Gasteiger partial charge >= 0.3 is 0 Å². The molecule has 5 N–H and O–H groups in total. The van der Waals surface area contributed by atoms with Crippen LogP contribution in [0.15, 0.2) is 65.6 Å². The number of fused-ring (bicyclic) bond motifs is 1. The number of amides is 2. The lowest BCUT2D eigenvalue weighted by Crippen LogP contribution is -2.49. The van der Waals surface area contributed by atoms with Crippen LogP contribution in [-0.4, -0.2) is 54.9 Å². The van der Waals surface area contributed by atoms with Crippen molar-refractivity contribution < 1.29 is 19.4 Å². The number of rotatable bonds is 8. The molecule has 0 aliphatic carbocycles. The smallest absolute Gasteiger partial charge is 0.252 e. The fourth-order valence-electron chi connectivity index (χ4n) is 3.43. The number of benzene rings is 2. The highest BCUT2D eigenvalue weighted by molar-refractivity contribution is 6.39. The van der Waals surface area contributed by atoms with Gasteiger partial charge in [-0.2, -0.15) is 0 Å². The second-order valence-electron chi connectivity index (χ2n) is 9.80. The Hall–Kier alpha value is -4.11. The number of hydrogen-bond acceptors (Lipinski definition) is 7. The number of nitrogens with two attached hydrogens (primary N) is 1. The van der Waals surface area contributed by atoms with Gasteiger partial charge in [0.25, 0.3) is 5.91 Å². The Kier molecular flexibility index (Phi) is 8.63. The molecule has 2 aromatic carbocycles. The zero-order valence-corrected chi connectivity index (χ0v) is 21.8. The number of pyridine rings is 1. The fourth-order valence-corrected chi connectivity index (χ4v) is 3.43. The van der Waals surface area contributed by atoms with Gasteiger partial charge in [0.15, 0.2) is 0 Å². The number of aromatic nitrogens is 1. The van der Waals surface area contributed by atoms with Crippen LogP contribution in [0.3, 0.4) is 0 Å². The maximum absolute atomic E-state index is 12.5. The average molecular weight is 509 g/mol. The first-order chi connectivity index (χ1) is 17.7. The van der Waals surface area contributed by atoms with Crippen molar-refractivity contribution in [2.24, 2.45) is 10.7 Å². The number of ether oxygens (including phenoxy) is 1. The van der Waals surface area contributed by atoms with Crippen molar-refractivity contribution in [1.29, 1.82) is 0 Å². The van der Waals surface area contributed by atoms with Gasteiger partial charge < -0.3 is 26.2 Å². The third-order valence-corrected chi connectivity index (χ3v) is 5.16. The summed E-state index contributed by atoms with van der Waals surface area (Å²) in [6, 6.07) is 11.8. The molecular formula is C27H29B2N5O4. The largest absolute Gasteiger partial charge is 0.456 e. The van der Waals surface area contributed by atoms with E-state index in [2.05, 4.69) is 20.6 Å². The lowest BCUT2D eigenvalue weighted by atomic mass is 9.73. The molecule has 1 heterocycles. The topological polar surface area (TPSA) is 139 Å². The molecule has 38 heavy (non-hydrogen) atoms. The van der Waals surface area contributed by atoms with Gasteiger partial charge in [0, 0.05) is 35.1 Å². The molecule has 0 saturated heterocycles. The predicted octanol–water partition coefficient (Wildman–Crippen LogP) is 2.33. The third-order valence-electron chi connectivity index (χ3n) is 5.16. The molecule has 3 rings (SSSR count). The minimum Gasteiger partial charge on any atom is -0.456 e. The van der Waals surface area contributed by atoms with Crippen LogP contribution >= 0.6 is 0 Å². The van der Waals surface area contributed by atoms with Crippen molar-refractivity contribution in [2.75, 3.05) is 0 Å². The molecule has 0 atom stereocenters. The molecular weight excluding hydrogens is 480 g/mol. The highest BCUT2D eigenvalue weighted by Crippen LogP contribution is 2.31. The van der Waals surface area contributed by atoms with E-state index in [1.165, 1.54) is 12.3 Å². The van der Waals surface area contributed by atoms with Crippen molar-refractivity contribution in [1.82, 2.24) is 15.6 Å². The number of aryl methyl sites for hydroxylation is 1. The van der Waals surface area contributed by atoms with E-state index >= 15 is 0 Å². The van der Waals surface area contributed by atoms with Crippen LogP contribution in [0.5, 0.6) is 11.5 Å². The molecule has 0 aliphatic heterocycles. The van der Waals surface area contributed by atoms with Crippen molar-refractivity contribution in [3.63, 3.8) is 0 Å². The van der Waals surface area contributed by atoms with Gasteiger partial charge in [0.2, 0.25) is 5.91 Å². The highest BCUT2D eigenvalue weighted by atomic mass is 16.5. The molecule has 1 aromatic heterocycles. The van der Waals surface area contributed by atoms with Crippen molar-refractivity contribution in [3.8, 4) is 11.5 Å². The molecule has 192 valence electrons. The fraction of sp³-hybridized carbons (Fsp3) is 0.259. The second kappa shape index (κ2) is 11.5. The number of nitrogens with zero attached hydrogens (tertiary/aromatic N) is 2. The number of hydrogen-bond donors (Lipinski definition) is 4. The molecule has 9 nitrogen and oxygen atoms in total. The Morgan fingerprint density at radius 2 is 1.87 bits per heavy atom. The molecule has 0 saturated carbocycles. The Morgan fingerprint density at radius 3 is 2.50 bits per heavy atom. The number of allylic oxidation sites excluding steroid dienone is 1. The Labute approximate surface area is 224 Å². The van der Waals surface area contributed by atoms with E-state index in [-0.39, 0.29) is 23.4 Å². The summed E-state index contributed by atoms with van der Waals surface area (Å²) in [5.41, 5.74) is 5.79. The molecule has 0 fully saturated rings. The summed E-state index contributed by atoms with van der Waals surface area (Å²) in [6.07, 6.45) is 4.57. The van der Waals surface area contributed by atoms with Crippen LogP contribution in [0.4, 0.5) is 0 Å². The normalized spacial score (nSPS) is 12.5. The van der Waals surface area contributed by atoms with Crippen LogP contribution in [0.1, 0.15) is 42.3 Å². The first-order valence-electron chi connectivity index (χ1n) is 11.8. The van der Waals surface area contributed by atoms with Gasteiger partial charge in [-0.3, -0.25) is 19.6 Å². The minimum absolute atomic E-state index is 0.132. The number of aliphatic hydroxyl groups is 1. The number of carbonyl (C=O) groups is 2. The third kappa shape index (κ3) is 8.21. The Bertz CT molecular complexity index is 1410. The molecule has 3 aromatic rings. The van der Waals surface area contributed by atoms with Gasteiger partial charge in [0.05, 0.1) is 23.2 Å². The summed E-state index contributed by atoms with van der Waals surface area (Å²) in [6.45, 7) is 7.70. The van der Waals surface area contributed by atoms with Crippen molar-refractivity contribution in [2.45, 2.75) is 45.2 Å². The molecule has 0 bridgehead atoms. The van der Waals surface area contributed by atoms with Crippen LogP contribution in [0.25, 0.3) is 10.9 Å². The van der Waals surface area contributed by atoms with Gasteiger partial charge in [-0.05, 0) is 69.2 Å². The summed E-state index contributed by atoms with van der Waals surface area (Å²) >= 11 is 0. The predicted molar refractivity (Wildman–Crippen MR) is 149 cm³/mol. The maximum atomic E-state index is 12.5.